The van der Waals surface area contributed by atoms with Crippen LogP contribution in [0.25, 0.3) is 0 Å². The smallest absolute Gasteiger partial charge is 0.261 e. The van der Waals surface area contributed by atoms with E-state index >= 15 is 0 Å². The number of anilines is 1. The molecule has 1 saturated carbocycles. The zero-order valence-corrected chi connectivity index (χ0v) is 16.4. The summed E-state index contributed by atoms with van der Waals surface area (Å²) in [6.45, 7) is 3.58. The predicted molar refractivity (Wildman–Crippen MR) is 103 cm³/mol. The van der Waals surface area contributed by atoms with Crippen molar-refractivity contribution in [1.82, 2.24) is 4.90 Å². The van der Waals surface area contributed by atoms with Crippen LogP contribution in [0.3, 0.4) is 0 Å². The Hall–Kier alpha value is -2.41. The molecule has 3 rings (SSSR count). The number of nitrogens with zero attached hydrogens (tertiary/aromatic N) is 1. The summed E-state index contributed by atoms with van der Waals surface area (Å²) in [7, 11) is -2.19. The Bertz CT molecular complexity index is 971. The van der Waals surface area contributed by atoms with Crippen LogP contribution in [0, 0.1) is 18.7 Å². The van der Waals surface area contributed by atoms with Crippen LogP contribution >= 0.6 is 0 Å². The molecule has 7 heteroatoms. The third-order valence-electron chi connectivity index (χ3n) is 5.05. The van der Waals surface area contributed by atoms with Gasteiger partial charge in [0.05, 0.1) is 4.90 Å². The van der Waals surface area contributed by atoms with Gasteiger partial charge in [0.1, 0.15) is 5.82 Å². The molecule has 1 aliphatic rings. The number of carbonyl (C=O) groups is 1. The Morgan fingerprint density at radius 3 is 2.56 bits per heavy atom. The van der Waals surface area contributed by atoms with Crippen LogP contribution in [-0.2, 0) is 10.0 Å². The third-order valence-corrected chi connectivity index (χ3v) is 6.43. The van der Waals surface area contributed by atoms with Crippen molar-refractivity contribution in [2.24, 2.45) is 5.92 Å². The molecule has 1 atom stereocenters. The van der Waals surface area contributed by atoms with Crippen LogP contribution < -0.4 is 4.72 Å². The molecule has 1 fully saturated rings. The maximum absolute atomic E-state index is 13.7. The number of halogens is 1. The molecular weight excluding hydrogens is 367 g/mol. The van der Waals surface area contributed by atoms with Gasteiger partial charge in [0, 0.05) is 24.3 Å². The van der Waals surface area contributed by atoms with Crippen molar-refractivity contribution < 1.29 is 17.6 Å². The summed E-state index contributed by atoms with van der Waals surface area (Å²) >= 11 is 0. The molecule has 27 heavy (non-hydrogen) atoms. The minimum atomic E-state index is -3.95. The maximum Gasteiger partial charge on any atom is 0.261 e. The summed E-state index contributed by atoms with van der Waals surface area (Å²) in [4.78, 5) is 14.2. The normalized spacial score (nSPS) is 15.3. The topological polar surface area (TPSA) is 66.5 Å². The van der Waals surface area contributed by atoms with Gasteiger partial charge in [-0.1, -0.05) is 12.1 Å². The Labute approximate surface area is 159 Å². The monoisotopic (exact) mass is 390 g/mol. The van der Waals surface area contributed by atoms with E-state index in [4.69, 9.17) is 0 Å². The molecule has 1 N–H and O–H groups in total. The van der Waals surface area contributed by atoms with Gasteiger partial charge in [0.15, 0.2) is 0 Å². The van der Waals surface area contributed by atoms with Crippen LogP contribution in [0.2, 0.25) is 0 Å². The largest absolute Gasteiger partial charge is 0.339 e. The highest BCUT2D eigenvalue weighted by Gasteiger charge is 2.32. The van der Waals surface area contributed by atoms with E-state index in [0.717, 1.165) is 18.9 Å². The second-order valence-electron chi connectivity index (χ2n) is 7.09. The maximum atomic E-state index is 13.7. The van der Waals surface area contributed by atoms with E-state index in [0.29, 0.717) is 17.0 Å². The molecule has 1 unspecified atom stereocenters. The van der Waals surface area contributed by atoms with E-state index in [9.17, 15) is 17.6 Å². The van der Waals surface area contributed by atoms with E-state index in [1.165, 1.54) is 18.2 Å². The lowest BCUT2D eigenvalue weighted by Gasteiger charge is -2.25. The Morgan fingerprint density at radius 2 is 1.93 bits per heavy atom. The fraction of sp³-hybridized carbons (Fsp3) is 0.350. The summed E-state index contributed by atoms with van der Waals surface area (Å²) in [6, 6.07) is 10.2. The van der Waals surface area contributed by atoms with Gasteiger partial charge in [0.2, 0.25) is 0 Å². The summed E-state index contributed by atoms with van der Waals surface area (Å²) in [5.41, 5.74) is 1.03. The van der Waals surface area contributed by atoms with Gasteiger partial charge in [0.25, 0.3) is 15.9 Å². The number of aryl methyl sites for hydroxylation is 1. The van der Waals surface area contributed by atoms with Crippen molar-refractivity contribution in [2.75, 3.05) is 11.8 Å². The second-order valence-corrected chi connectivity index (χ2v) is 8.77. The van der Waals surface area contributed by atoms with Gasteiger partial charge in [-0.05, 0) is 68.5 Å². The van der Waals surface area contributed by atoms with Gasteiger partial charge >= 0.3 is 0 Å². The summed E-state index contributed by atoms with van der Waals surface area (Å²) in [6.07, 6.45) is 2.26. The molecule has 0 heterocycles. The lowest BCUT2D eigenvalue weighted by molar-refractivity contribution is 0.0727. The number of amides is 1. The van der Waals surface area contributed by atoms with E-state index < -0.39 is 15.8 Å². The average molecular weight is 390 g/mol. The standard InChI is InChI=1S/C20H23FN2O3S/c1-13-7-10-18(12-19(13)21)27(25,26)22-17-6-4-5-16(11-17)20(24)23(3)14(2)15-8-9-15/h4-7,10-12,14-15,22H,8-9H2,1-3H3. The fourth-order valence-electron chi connectivity index (χ4n) is 2.95. The molecule has 0 aromatic heterocycles. The number of carbonyl (C=O) groups excluding carboxylic acids is 1. The van der Waals surface area contributed by atoms with E-state index in [1.54, 1.807) is 37.1 Å². The second kappa shape index (κ2) is 7.31. The lowest BCUT2D eigenvalue weighted by Crippen LogP contribution is -2.36. The third kappa shape index (κ3) is 4.30. The van der Waals surface area contributed by atoms with Gasteiger partial charge in [-0.3, -0.25) is 9.52 Å². The van der Waals surface area contributed by atoms with Crippen molar-refractivity contribution in [3.05, 3.63) is 59.4 Å². The molecule has 0 spiro atoms. The number of hydrogen-bond donors (Lipinski definition) is 1. The zero-order chi connectivity index (χ0) is 19.8. The molecule has 144 valence electrons. The molecule has 2 aromatic rings. The van der Waals surface area contributed by atoms with Crippen LogP contribution in [-0.4, -0.2) is 32.3 Å². The summed E-state index contributed by atoms with van der Waals surface area (Å²) in [5.74, 6) is -0.202. The van der Waals surface area contributed by atoms with Crippen LogP contribution in [0.15, 0.2) is 47.4 Å². The SMILES string of the molecule is Cc1ccc(S(=O)(=O)Nc2cccc(C(=O)N(C)C(C)C3CC3)c2)cc1F. The molecule has 0 bridgehead atoms. The molecule has 1 aliphatic carbocycles. The zero-order valence-electron chi connectivity index (χ0n) is 15.6. The molecule has 2 aromatic carbocycles. The van der Waals surface area contributed by atoms with E-state index in [-0.39, 0.29) is 22.5 Å². The fourth-order valence-corrected chi connectivity index (χ4v) is 4.01. The van der Waals surface area contributed by atoms with Crippen LogP contribution in [0.5, 0.6) is 0 Å². The van der Waals surface area contributed by atoms with Gasteiger partial charge in [-0.15, -0.1) is 0 Å². The average Bonchev–Trinajstić information content (AvgIpc) is 3.47. The van der Waals surface area contributed by atoms with Crippen molar-refractivity contribution in [3.8, 4) is 0 Å². The minimum Gasteiger partial charge on any atom is -0.339 e. The van der Waals surface area contributed by atoms with Crippen LogP contribution in [0.1, 0.15) is 35.7 Å². The predicted octanol–water partition coefficient (Wildman–Crippen LogP) is 3.81. The number of hydrogen-bond acceptors (Lipinski definition) is 3. The Kier molecular flexibility index (Phi) is 5.24. The first-order valence-electron chi connectivity index (χ1n) is 8.85. The highest BCUT2D eigenvalue weighted by atomic mass is 32.2. The summed E-state index contributed by atoms with van der Waals surface area (Å²) < 4.78 is 41.2. The molecule has 0 aliphatic heterocycles. The number of sulfonamides is 1. The lowest BCUT2D eigenvalue weighted by atomic mass is 10.1. The molecule has 1 amide bonds. The van der Waals surface area contributed by atoms with Gasteiger partial charge in [-0.25, -0.2) is 12.8 Å². The number of rotatable bonds is 6. The van der Waals surface area contributed by atoms with E-state index in [2.05, 4.69) is 4.72 Å². The molecule has 0 saturated heterocycles. The molecule has 5 nitrogen and oxygen atoms in total. The first kappa shape index (κ1) is 19.4. The van der Waals surface area contributed by atoms with Gasteiger partial charge < -0.3 is 4.90 Å². The highest BCUT2D eigenvalue weighted by molar-refractivity contribution is 7.92. The van der Waals surface area contributed by atoms with Crippen LogP contribution in [0.4, 0.5) is 10.1 Å². The Morgan fingerprint density at radius 1 is 1.22 bits per heavy atom. The van der Waals surface area contributed by atoms with E-state index in [1.807, 2.05) is 6.92 Å². The first-order chi connectivity index (χ1) is 12.7. The quantitative estimate of drug-likeness (QED) is 0.816. The van der Waals surface area contributed by atoms with Gasteiger partial charge in [-0.2, -0.15) is 0 Å². The molecular formula is C20H23FN2O3S. The number of benzene rings is 2. The van der Waals surface area contributed by atoms with Crippen molar-refractivity contribution in [3.63, 3.8) is 0 Å². The van der Waals surface area contributed by atoms with Crippen molar-refractivity contribution in [2.45, 2.75) is 37.6 Å². The minimum absolute atomic E-state index is 0.147. The Balaban J connectivity index is 1.80. The number of nitrogens with one attached hydrogen (secondary N) is 1. The van der Waals surface area contributed by atoms with Crippen molar-refractivity contribution in [1.29, 1.82) is 0 Å². The summed E-state index contributed by atoms with van der Waals surface area (Å²) in [5, 5.41) is 0. The first-order valence-corrected chi connectivity index (χ1v) is 10.3. The highest BCUT2D eigenvalue weighted by Crippen LogP contribution is 2.35. The van der Waals surface area contributed by atoms with Crippen molar-refractivity contribution >= 4 is 21.6 Å². The molecule has 0 radical (unpaired) electrons.